The second-order valence-electron chi connectivity index (χ2n) is 6.95. The van der Waals surface area contributed by atoms with Crippen LogP contribution in [0, 0.1) is 6.92 Å². The van der Waals surface area contributed by atoms with Crippen molar-refractivity contribution < 1.29 is 14.7 Å². The van der Waals surface area contributed by atoms with Gasteiger partial charge in [0.15, 0.2) is 16.0 Å². The van der Waals surface area contributed by atoms with E-state index >= 15 is 0 Å². The number of nitrogens with one attached hydrogen (secondary N) is 1. The molecule has 2 N–H and O–H groups in total. The summed E-state index contributed by atoms with van der Waals surface area (Å²) in [7, 11) is 0. The molecule has 0 unspecified atom stereocenters. The maximum Gasteiger partial charge on any atom is 0.355 e. The van der Waals surface area contributed by atoms with Gasteiger partial charge in [-0.2, -0.15) is 0 Å². The zero-order valence-electron chi connectivity index (χ0n) is 18.8. The smallest absolute Gasteiger partial charge is 0.355 e. The first kappa shape index (κ1) is 24.3. The summed E-state index contributed by atoms with van der Waals surface area (Å²) in [6.07, 6.45) is 4.07. The van der Waals surface area contributed by atoms with Crippen molar-refractivity contribution in [3.63, 3.8) is 0 Å². The molecule has 33 heavy (non-hydrogen) atoms. The van der Waals surface area contributed by atoms with Crippen molar-refractivity contribution >= 4 is 57.0 Å². The minimum absolute atomic E-state index is 0.0802. The van der Waals surface area contributed by atoms with Gasteiger partial charge in [-0.3, -0.25) is 10.1 Å². The predicted octanol–water partition coefficient (Wildman–Crippen LogP) is 5.73. The van der Waals surface area contributed by atoms with E-state index in [0.717, 1.165) is 22.4 Å². The van der Waals surface area contributed by atoms with Gasteiger partial charge < -0.3 is 10.0 Å². The highest BCUT2D eigenvalue weighted by molar-refractivity contribution is 7.16. The SMILES string of the molecule is C=Cc1nc(NC(=O)c2cccc3c2CN(c2nc(C(=O)O)c(C)s2)CC3)sc1C=C.CC. The Hall–Kier alpha value is -3.30. The Morgan fingerprint density at radius 1 is 1.18 bits per heavy atom. The molecule has 1 amide bonds. The molecular formula is C24H26N4O3S2. The molecule has 0 saturated heterocycles. The van der Waals surface area contributed by atoms with Gasteiger partial charge in [-0.05, 0) is 42.7 Å². The van der Waals surface area contributed by atoms with Gasteiger partial charge in [-0.15, -0.1) is 11.3 Å². The van der Waals surface area contributed by atoms with Crippen LogP contribution in [0.1, 0.15) is 61.3 Å². The molecule has 0 saturated carbocycles. The van der Waals surface area contributed by atoms with Gasteiger partial charge in [0.2, 0.25) is 0 Å². The molecule has 3 heterocycles. The van der Waals surface area contributed by atoms with E-state index in [0.29, 0.717) is 39.5 Å². The topological polar surface area (TPSA) is 95.4 Å². The Morgan fingerprint density at radius 3 is 2.55 bits per heavy atom. The first-order valence-electron chi connectivity index (χ1n) is 10.5. The van der Waals surface area contributed by atoms with Crippen molar-refractivity contribution in [3.05, 3.63) is 69.2 Å². The molecule has 0 bridgehead atoms. The number of carbonyl (C=O) groups is 2. The van der Waals surface area contributed by atoms with E-state index in [1.807, 2.05) is 30.9 Å². The first-order chi connectivity index (χ1) is 15.9. The van der Waals surface area contributed by atoms with E-state index in [1.165, 1.54) is 22.7 Å². The van der Waals surface area contributed by atoms with Crippen LogP contribution in [-0.2, 0) is 13.0 Å². The van der Waals surface area contributed by atoms with Gasteiger partial charge in [0.05, 0.1) is 10.6 Å². The number of amides is 1. The molecular weight excluding hydrogens is 456 g/mol. The minimum Gasteiger partial charge on any atom is -0.476 e. The van der Waals surface area contributed by atoms with Gasteiger partial charge >= 0.3 is 5.97 Å². The molecule has 3 aromatic rings. The van der Waals surface area contributed by atoms with Crippen LogP contribution in [0.5, 0.6) is 0 Å². The van der Waals surface area contributed by atoms with Crippen LogP contribution in [-0.4, -0.2) is 33.5 Å². The molecule has 1 aromatic carbocycles. The van der Waals surface area contributed by atoms with Crippen molar-refractivity contribution in [2.24, 2.45) is 0 Å². The number of carboxylic acids is 1. The van der Waals surface area contributed by atoms with Crippen molar-refractivity contribution in [1.29, 1.82) is 0 Å². The van der Waals surface area contributed by atoms with Gasteiger partial charge in [-0.1, -0.05) is 50.5 Å². The van der Waals surface area contributed by atoms with E-state index in [-0.39, 0.29) is 11.6 Å². The number of aryl methyl sites for hydroxylation is 1. The summed E-state index contributed by atoms with van der Waals surface area (Å²) >= 11 is 2.70. The van der Waals surface area contributed by atoms with Crippen molar-refractivity contribution in [1.82, 2.24) is 9.97 Å². The number of nitrogens with zero attached hydrogens (tertiary/aromatic N) is 3. The van der Waals surface area contributed by atoms with Crippen LogP contribution >= 0.6 is 22.7 Å². The van der Waals surface area contributed by atoms with E-state index in [1.54, 1.807) is 25.1 Å². The third-order valence-corrected chi connectivity index (χ3v) is 7.07. The number of aromatic nitrogens is 2. The molecule has 0 aliphatic carbocycles. The Morgan fingerprint density at radius 2 is 1.94 bits per heavy atom. The van der Waals surface area contributed by atoms with Crippen LogP contribution < -0.4 is 10.2 Å². The normalized spacial score (nSPS) is 12.3. The summed E-state index contributed by atoms with van der Waals surface area (Å²) in [5.74, 6) is -1.26. The highest BCUT2D eigenvalue weighted by Gasteiger charge is 2.26. The first-order valence-corrected chi connectivity index (χ1v) is 12.2. The molecule has 4 rings (SSSR count). The fourth-order valence-corrected chi connectivity index (χ4v) is 5.27. The van der Waals surface area contributed by atoms with Crippen LogP contribution in [0.25, 0.3) is 12.2 Å². The zero-order chi connectivity index (χ0) is 24.1. The number of rotatable bonds is 6. The Balaban J connectivity index is 0.00000149. The largest absolute Gasteiger partial charge is 0.476 e. The molecule has 172 valence electrons. The van der Waals surface area contributed by atoms with Crippen LogP contribution in [0.3, 0.4) is 0 Å². The summed E-state index contributed by atoms with van der Waals surface area (Å²) in [5.41, 5.74) is 3.36. The van der Waals surface area contributed by atoms with Gasteiger partial charge in [0, 0.05) is 23.5 Å². The predicted molar refractivity (Wildman–Crippen MR) is 137 cm³/mol. The second-order valence-corrected chi connectivity index (χ2v) is 9.16. The van der Waals surface area contributed by atoms with Gasteiger partial charge in [0.1, 0.15) is 0 Å². The van der Waals surface area contributed by atoms with E-state index < -0.39 is 5.97 Å². The summed E-state index contributed by atoms with van der Waals surface area (Å²) in [4.78, 5) is 36.7. The van der Waals surface area contributed by atoms with Crippen LogP contribution in [0.15, 0.2) is 31.4 Å². The average molecular weight is 483 g/mol. The number of anilines is 2. The average Bonchev–Trinajstić information content (AvgIpc) is 3.42. The number of benzene rings is 1. The van der Waals surface area contributed by atoms with Crippen LogP contribution in [0.4, 0.5) is 10.3 Å². The molecule has 1 aliphatic rings. The molecule has 9 heteroatoms. The Kier molecular flexibility index (Phi) is 7.78. The second kappa shape index (κ2) is 10.5. The Labute approximate surface area is 201 Å². The molecule has 0 fully saturated rings. The lowest BCUT2D eigenvalue weighted by Crippen LogP contribution is -2.32. The minimum atomic E-state index is -1.03. The zero-order valence-corrected chi connectivity index (χ0v) is 20.5. The number of carbonyl (C=O) groups excluding carboxylic acids is 1. The van der Waals surface area contributed by atoms with Gasteiger partial charge in [-0.25, -0.2) is 14.8 Å². The maximum atomic E-state index is 13.1. The van der Waals surface area contributed by atoms with Crippen molar-refractivity contribution in [3.8, 4) is 0 Å². The third kappa shape index (κ3) is 5.04. The fourth-order valence-electron chi connectivity index (χ4n) is 3.53. The maximum absolute atomic E-state index is 13.1. The lowest BCUT2D eigenvalue weighted by Gasteiger charge is -2.29. The molecule has 2 aromatic heterocycles. The molecule has 0 radical (unpaired) electrons. The molecule has 7 nitrogen and oxygen atoms in total. The molecule has 0 atom stereocenters. The van der Waals surface area contributed by atoms with E-state index in [2.05, 4.69) is 28.4 Å². The quantitative estimate of drug-likeness (QED) is 0.466. The lowest BCUT2D eigenvalue weighted by atomic mass is 9.94. The number of thiazole rings is 2. The summed E-state index contributed by atoms with van der Waals surface area (Å²) < 4.78 is 0. The number of hydrogen-bond donors (Lipinski definition) is 2. The monoisotopic (exact) mass is 482 g/mol. The lowest BCUT2D eigenvalue weighted by molar-refractivity contribution is 0.0690. The summed E-state index contributed by atoms with van der Waals surface area (Å²) in [6, 6.07) is 5.70. The highest BCUT2D eigenvalue weighted by atomic mass is 32.1. The van der Waals surface area contributed by atoms with Crippen molar-refractivity contribution in [2.45, 2.75) is 33.7 Å². The van der Waals surface area contributed by atoms with Crippen molar-refractivity contribution in [2.75, 3.05) is 16.8 Å². The number of aromatic carboxylic acids is 1. The van der Waals surface area contributed by atoms with E-state index in [4.69, 9.17) is 0 Å². The highest BCUT2D eigenvalue weighted by Crippen LogP contribution is 2.32. The molecule has 1 aliphatic heterocycles. The number of carboxylic acid groups (broad SMARTS) is 1. The van der Waals surface area contributed by atoms with Gasteiger partial charge in [0.25, 0.3) is 5.91 Å². The van der Waals surface area contributed by atoms with Crippen LogP contribution in [0.2, 0.25) is 0 Å². The number of hydrogen-bond acceptors (Lipinski definition) is 7. The van der Waals surface area contributed by atoms with E-state index in [9.17, 15) is 14.7 Å². The summed E-state index contributed by atoms with van der Waals surface area (Å²) in [5, 5.41) is 13.3. The third-order valence-electron chi connectivity index (χ3n) is 5.06. The molecule has 0 spiro atoms. The Bertz CT molecular complexity index is 1190. The fraction of sp³-hybridized carbons (Fsp3) is 0.250. The standard InChI is InChI=1S/C22H20N4O3S2.C2H6/c1-4-16-17(5-2)31-21(23-16)25-19(27)14-8-6-7-13-9-10-26(11-15(13)14)22-24-18(20(28)29)12(3)30-22;1-2/h4-8H,1-2,9-11H2,3H3,(H,28,29)(H,23,25,27);1-2H3. The summed E-state index contributed by atoms with van der Waals surface area (Å²) in [6.45, 7) is 14.5. The number of fused-ring (bicyclic) bond motifs is 1.